The molecule has 0 spiro atoms. The van der Waals surface area contributed by atoms with Gasteiger partial charge in [-0.15, -0.1) is 13.2 Å². The molecule has 5 nitrogen and oxygen atoms in total. The third-order valence-electron chi connectivity index (χ3n) is 7.59. The predicted octanol–water partition coefficient (Wildman–Crippen LogP) is 6.76. The van der Waals surface area contributed by atoms with Gasteiger partial charge in [0, 0.05) is 11.0 Å². The van der Waals surface area contributed by atoms with Crippen LogP contribution in [0.4, 0.5) is 5.82 Å². The van der Waals surface area contributed by atoms with Crippen LogP contribution in [0.2, 0.25) is 0 Å². The number of hydrogen-bond donors (Lipinski definition) is 2. The summed E-state index contributed by atoms with van der Waals surface area (Å²) in [6.45, 7) is 13.7. The van der Waals surface area contributed by atoms with E-state index in [1.165, 1.54) is 16.7 Å². The maximum atomic E-state index is 13.0. The number of hydrogen-bond acceptors (Lipinski definition) is 4. The van der Waals surface area contributed by atoms with Crippen molar-refractivity contribution in [1.82, 2.24) is 9.97 Å². The number of carbonyl (C=O) groups excluding carboxylic acids is 1. The lowest BCUT2D eigenvalue weighted by atomic mass is 9.54. The molecule has 196 valence electrons. The molecule has 0 bridgehead atoms. The maximum absolute atomic E-state index is 13.0. The van der Waals surface area contributed by atoms with Crippen molar-refractivity contribution in [2.24, 2.45) is 5.92 Å². The zero-order chi connectivity index (χ0) is 27.0. The largest absolute Gasteiger partial charge is 0.393 e. The van der Waals surface area contributed by atoms with Crippen LogP contribution in [0.3, 0.4) is 0 Å². The van der Waals surface area contributed by atoms with Gasteiger partial charge in [0.05, 0.1) is 23.7 Å². The molecule has 0 aliphatic heterocycles. The van der Waals surface area contributed by atoms with E-state index in [0.717, 1.165) is 44.2 Å². The second-order valence-corrected chi connectivity index (χ2v) is 9.75. The van der Waals surface area contributed by atoms with Gasteiger partial charge in [0.1, 0.15) is 0 Å². The molecule has 1 heterocycles. The molecule has 3 aromatic rings. The Morgan fingerprint density at radius 3 is 2.54 bits per heavy atom. The molecule has 2 aliphatic carbocycles. The fourth-order valence-electron chi connectivity index (χ4n) is 5.99. The lowest BCUT2D eigenvalue weighted by Gasteiger charge is -2.50. The van der Waals surface area contributed by atoms with Crippen molar-refractivity contribution in [3.8, 4) is 0 Å². The number of fused-ring (bicyclic) bond motifs is 3. The number of aliphatic hydroxyl groups excluding tert-OH is 1. The average molecular weight is 500 g/mol. The summed E-state index contributed by atoms with van der Waals surface area (Å²) in [5.41, 5.74) is 6.17. The van der Waals surface area contributed by atoms with Gasteiger partial charge in [0.15, 0.2) is 5.82 Å². The Kier molecular flexibility index (Phi) is 9.76. The summed E-state index contributed by atoms with van der Waals surface area (Å²) in [4.78, 5) is 21.7. The fourth-order valence-corrected chi connectivity index (χ4v) is 5.99. The molecular formula is C32H41N3O2. The molecule has 0 saturated heterocycles. The van der Waals surface area contributed by atoms with Crippen LogP contribution in [0.15, 0.2) is 67.9 Å². The number of carbonyl (C=O) groups is 1. The van der Waals surface area contributed by atoms with Gasteiger partial charge in [-0.25, -0.2) is 4.98 Å². The highest BCUT2D eigenvalue weighted by atomic mass is 16.3. The van der Waals surface area contributed by atoms with Gasteiger partial charge in [-0.2, -0.15) is 0 Å². The third kappa shape index (κ3) is 6.16. The number of amides is 1. The van der Waals surface area contributed by atoms with Crippen molar-refractivity contribution in [2.45, 2.75) is 77.7 Å². The first-order valence-corrected chi connectivity index (χ1v) is 13.4. The van der Waals surface area contributed by atoms with Crippen molar-refractivity contribution in [1.29, 1.82) is 0 Å². The van der Waals surface area contributed by atoms with E-state index >= 15 is 0 Å². The molecule has 3 atom stereocenters. The van der Waals surface area contributed by atoms with E-state index < -0.39 is 0 Å². The van der Waals surface area contributed by atoms with E-state index in [0.29, 0.717) is 23.0 Å². The van der Waals surface area contributed by atoms with Crippen LogP contribution < -0.4 is 5.32 Å². The van der Waals surface area contributed by atoms with Crippen LogP contribution in [-0.2, 0) is 18.3 Å². The van der Waals surface area contributed by atoms with Crippen LogP contribution in [-0.4, -0.2) is 27.1 Å². The van der Waals surface area contributed by atoms with Gasteiger partial charge in [0.25, 0.3) is 5.91 Å². The SMILES string of the molecule is C=C.CC.Cc1cnc(NC(=O)c2ccc3c(c2)CCC2C[C@H](O)CC[C@@]32Cc2ccccc2)c(C)n1. The number of rotatable bonds is 4. The van der Waals surface area contributed by atoms with Crippen molar-refractivity contribution < 1.29 is 9.90 Å². The van der Waals surface area contributed by atoms with Crippen molar-refractivity contribution in [3.63, 3.8) is 0 Å². The molecule has 5 heteroatoms. The standard InChI is InChI=1S/C28H31N3O2.C2H6.C2H4/c1-18-17-29-26(19(2)30-18)31-27(33)22-9-11-25-21(14-22)8-10-23-15-24(32)12-13-28(23,25)16-20-6-4-3-5-7-20;2*1-2/h3-7,9,11,14,17,23-24,32H,8,10,12-13,15-16H2,1-2H3,(H,29,31,33);1-2H3;1-2H2/t23?,24-,28+;;/m1../s1. The summed E-state index contributed by atoms with van der Waals surface area (Å²) in [6.07, 6.45) is 7.09. The Hall–Kier alpha value is -3.31. The number of aliphatic hydroxyl groups is 1. The highest BCUT2D eigenvalue weighted by molar-refractivity contribution is 6.04. The Balaban J connectivity index is 0.000000907. The monoisotopic (exact) mass is 499 g/mol. The normalized spacial score (nSPS) is 21.6. The minimum absolute atomic E-state index is 0.0161. The number of benzene rings is 2. The van der Waals surface area contributed by atoms with Crippen molar-refractivity contribution in [3.05, 3.63) is 102 Å². The summed E-state index contributed by atoms with van der Waals surface area (Å²) in [5, 5.41) is 13.3. The number of nitrogens with zero attached hydrogens (tertiary/aromatic N) is 2. The maximum Gasteiger partial charge on any atom is 0.256 e. The Morgan fingerprint density at radius 2 is 1.84 bits per heavy atom. The zero-order valence-electron chi connectivity index (χ0n) is 22.8. The first-order valence-electron chi connectivity index (χ1n) is 13.4. The Labute approximate surface area is 222 Å². The first kappa shape index (κ1) is 28.3. The van der Waals surface area contributed by atoms with E-state index in [9.17, 15) is 9.90 Å². The van der Waals surface area contributed by atoms with E-state index in [1.807, 2.05) is 33.8 Å². The molecule has 5 rings (SSSR count). The van der Waals surface area contributed by atoms with Crippen molar-refractivity contribution in [2.75, 3.05) is 5.32 Å². The summed E-state index contributed by atoms with van der Waals surface area (Å²) in [7, 11) is 0. The molecule has 1 unspecified atom stereocenters. The third-order valence-corrected chi connectivity index (χ3v) is 7.59. The van der Waals surface area contributed by atoms with Crippen LogP contribution >= 0.6 is 0 Å². The number of aryl methyl sites for hydroxylation is 3. The summed E-state index contributed by atoms with van der Waals surface area (Å²) in [6, 6.07) is 16.9. The molecule has 2 aliphatic rings. The molecule has 2 N–H and O–H groups in total. The van der Waals surface area contributed by atoms with Gasteiger partial charge in [-0.05, 0) is 87.1 Å². The molecular weight excluding hydrogens is 458 g/mol. The first-order chi connectivity index (χ1) is 17.9. The van der Waals surface area contributed by atoms with Crippen LogP contribution in [0.5, 0.6) is 0 Å². The molecule has 2 aromatic carbocycles. The van der Waals surface area contributed by atoms with E-state index in [-0.39, 0.29) is 17.4 Å². The molecule has 1 amide bonds. The summed E-state index contributed by atoms with van der Waals surface area (Å²) >= 11 is 0. The van der Waals surface area contributed by atoms with E-state index in [1.54, 1.807) is 6.20 Å². The van der Waals surface area contributed by atoms with Crippen molar-refractivity contribution >= 4 is 11.7 Å². The Bertz CT molecular complexity index is 1190. The minimum Gasteiger partial charge on any atom is -0.393 e. The minimum atomic E-state index is -0.204. The molecule has 1 aromatic heterocycles. The lowest BCUT2D eigenvalue weighted by Crippen LogP contribution is -2.47. The molecule has 1 fully saturated rings. The number of aromatic nitrogens is 2. The summed E-state index contributed by atoms with van der Waals surface area (Å²) in [5.74, 6) is 0.807. The van der Waals surface area contributed by atoms with Gasteiger partial charge in [0.2, 0.25) is 0 Å². The van der Waals surface area contributed by atoms with Crippen LogP contribution in [0, 0.1) is 19.8 Å². The zero-order valence-corrected chi connectivity index (χ0v) is 22.8. The second kappa shape index (κ2) is 12.8. The van der Waals surface area contributed by atoms with Crippen LogP contribution in [0.25, 0.3) is 0 Å². The predicted molar refractivity (Wildman–Crippen MR) is 152 cm³/mol. The second-order valence-electron chi connectivity index (χ2n) is 9.75. The highest BCUT2D eigenvalue weighted by Crippen LogP contribution is 2.52. The lowest BCUT2D eigenvalue weighted by molar-refractivity contribution is 0.0406. The Morgan fingerprint density at radius 1 is 1.11 bits per heavy atom. The smallest absolute Gasteiger partial charge is 0.256 e. The van der Waals surface area contributed by atoms with E-state index in [2.05, 4.69) is 70.9 Å². The van der Waals surface area contributed by atoms with Gasteiger partial charge in [-0.1, -0.05) is 50.2 Å². The average Bonchev–Trinajstić information content (AvgIpc) is 2.93. The van der Waals surface area contributed by atoms with Gasteiger partial charge < -0.3 is 10.4 Å². The van der Waals surface area contributed by atoms with Gasteiger partial charge in [-0.3, -0.25) is 9.78 Å². The number of anilines is 1. The highest BCUT2D eigenvalue weighted by Gasteiger charge is 2.47. The fraction of sp³-hybridized carbons (Fsp3) is 0.406. The summed E-state index contributed by atoms with van der Waals surface area (Å²) < 4.78 is 0. The topological polar surface area (TPSA) is 75.1 Å². The molecule has 37 heavy (non-hydrogen) atoms. The quantitative estimate of drug-likeness (QED) is 0.389. The van der Waals surface area contributed by atoms with E-state index in [4.69, 9.17) is 0 Å². The molecule has 0 radical (unpaired) electrons. The van der Waals surface area contributed by atoms with Gasteiger partial charge >= 0.3 is 0 Å². The van der Waals surface area contributed by atoms with Crippen LogP contribution in [0.1, 0.15) is 78.0 Å². The number of nitrogens with one attached hydrogen (secondary N) is 1. The molecule has 1 saturated carbocycles.